The van der Waals surface area contributed by atoms with Gasteiger partial charge in [0.05, 0.1) is 7.11 Å². The lowest BCUT2D eigenvalue weighted by Crippen LogP contribution is -2.34. The molecule has 1 aliphatic heterocycles. The van der Waals surface area contributed by atoms with Crippen molar-refractivity contribution in [1.82, 2.24) is 9.29 Å². The Morgan fingerprint density at radius 3 is 2.62 bits per heavy atom. The van der Waals surface area contributed by atoms with Crippen LogP contribution < -0.4 is 0 Å². The van der Waals surface area contributed by atoms with Crippen LogP contribution >= 0.6 is 0 Å². The van der Waals surface area contributed by atoms with Crippen LogP contribution in [0.1, 0.15) is 22.5 Å². The molecule has 1 aromatic carbocycles. The van der Waals surface area contributed by atoms with Gasteiger partial charge >= 0.3 is 5.97 Å². The minimum Gasteiger partial charge on any atom is -0.464 e. The zero-order valence-corrected chi connectivity index (χ0v) is 14.0. The van der Waals surface area contributed by atoms with Crippen LogP contribution in [0.5, 0.6) is 0 Å². The third kappa shape index (κ3) is 3.13. The summed E-state index contributed by atoms with van der Waals surface area (Å²) in [6.07, 6.45) is 3.90. The number of nitrogens with one attached hydrogen (secondary N) is 1. The van der Waals surface area contributed by atoms with Crippen molar-refractivity contribution in [1.29, 1.82) is 0 Å². The zero-order valence-electron chi connectivity index (χ0n) is 13.2. The number of sulfonamides is 1. The number of H-pyrrole nitrogens is 1. The van der Waals surface area contributed by atoms with E-state index in [2.05, 4.69) is 9.72 Å². The Balaban J connectivity index is 1.79. The number of aromatic amines is 1. The molecule has 3 rings (SSSR count). The van der Waals surface area contributed by atoms with Gasteiger partial charge in [-0.1, -0.05) is 36.4 Å². The number of methoxy groups -OCH3 is 1. The quantitative estimate of drug-likeness (QED) is 0.862. The van der Waals surface area contributed by atoms with Gasteiger partial charge in [0.1, 0.15) is 10.6 Å². The fourth-order valence-corrected chi connectivity index (χ4v) is 4.06. The van der Waals surface area contributed by atoms with E-state index >= 15 is 0 Å². The first-order valence-electron chi connectivity index (χ1n) is 7.53. The fourth-order valence-electron chi connectivity index (χ4n) is 2.68. The van der Waals surface area contributed by atoms with Gasteiger partial charge in [0.25, 0.3) is 0 Å². The van der Waals surface area contributed by atoms with Crippen LogP contribution in [0.2, 0.25) is 0 Å². The highest BCUT2D eigenvalue weighted by Gasteiger charge is 2.28. The van der Waals surface area contributed by atoms with Crippen LogP contribution in [-0.4, -0.2) is 43.9 Å². The maximum absolute atomic E-state index is 12.7. The van der Waals surface area contributed by atoms with Crippen LogP contribution in [0.4, 0.5) is 0 Å². The summed E-state index contributed by atoms with van der Waals surface area (Å²) in [4.78, 5) is 14.2. The monoisotopic (exact) mass is 346 g/mol. The number of carbonyl (C=O) groups is 1. The molecule has 1 aliphatic rings. The number of ether oxygens (including phenoxy) is 1. The SMILES string of the molecule is COC(=O)c1cc(S(=O)(=O)N2CC=C(c3ccccc3)CC2)c[nH]1. The number of carbonyl (C=O) groups excluding carboxylic acids is 1. The zero-order chi connectivity index (χ0) is 17.2. The van der Waals surface area contributed by atoms with Crippen molar-refractivity contribution < 1.29 is 17.9 Å². The number of hydrogen-bond donors (Lipinski definition) is 1. The first kappa shape index (κ1) is 16.5. The van der Waals surface area contributed by atoms with Crippen LogP contribution in [0.3, 0.4) is 0 Å². The first-order valence-corrected chi connectivity index (χ1v) is 8.97. The van der Waals surface area contributed by atoms with Crippen molar-refractivity contribution in [2.75, 3.05) is 20.2 Å². The van der Waals surface area contributed by atoms with Crippen LogP contribution in [0, 0.1) is 0 Å². The molecule has 0 radical (unpaired) electrons. The van der Waals surface area contributed by atoms with Crippen molar-refractivity contribution in [3.63, 3.8) is 0 Å². The van der Waals surface area contributed by atoms with E-state index in [1.54, 1.807) is 0 Å². The summed E-state index contributed by atoms with van der Waals surface area (Å²) in [7, 11) is -2.39. The maximum Gasteiger partial charge on any atom is 0.354 e. The molecule has 0 atom stereocenters. The van der Waals surface area contributed by atoms with Crippen LogP contribution in [-0.2, 0) is 14.8 Å². The third-order valence-corrected chi connectivity index (χ3v) is 5.86. The van der Waals surface area contributed by atoms with Crippen LogP contribution in [0.15, 0.2) is 53.6 Å². The molecule has 0 saturated carbocycles. The molecule has 2 aromatic rings. The number of hydrogen-bond acceptors (Lipinski definition) is 4. The number of nitrogens with zero attached hydrogens (tertiary/aromatic N) is 1. The molecule has 0 fully saturated rings. The van der Waals surface area contributed by atoms with E-state index in [4.69, 9.17) is 0 Å². The lowest BCUT2D eigenvalue weighted by Gasteiger charge is -2.25. The van der Waals surface area contributed by atoms with E-state index in [0.717, 1.165) is 11.1 Å². The largest absolute Gasteiger partial charge is 0.464 e. The average Bonchev–Trinajstić information content (AvgIpc) is 3.13. The van der Waals surface area contributed by atoms with Gasteiger partial charge in [-0.2, -0.15) is 4.31 Å². The number of aromatic nitrogens is 1. The fraction of sp³-hybridized carbons (Fsp3) is 0.235. The number of esters is 1. The second-order valence-electron chi connectivity index (χ2n) is 5.45. The molecule has 0 saturated heterocycles. The summed E-state index contributed by atoms with van der Waals surface area (Å²) >= 11 is 0. The molecule has 0 bridgehead atoms. The van der Waals surface area contributed by atoms with E-state index in [9.17, 15) is 13.2 Å². The Bertz CT molecular complexity index is 869. The minimum absolute atomic E-state index is 0.0689. The standard InChI is InChI=1S/C17H18N2O4S/c1-23-17(20)16-11-15(12-18-16)24(21,22)19-9-7-14(8-10-19)13-5-3-2-4-6-13/h2-7,11-12,18H,8-10H2,1H3. The number of benzene rings is 1. The molecule has 7 heteroatoms. The van der Waals surface area contributed by atoms with E-state index in [0.29, 0.717) is 19.5 Å². The molecule has 2 heterocycles. The Labute approximate surface area is 140 Å². The molecular weight excluding hydrogens is 328 g/mol. The predicted molar refractivity (Wildman–Crippen MR) is 89.9 cm³/mol. The molecular formula is C17H18N2O4S. The molecule has 0 spiro atoms. The Hall–Kier alpha value is -2.38. The molecule has 0 aliphatic carbocycles. The summed E-state index contributed by atoms with van der Waals surface area (Å²) < 4.78 is 31.3. The predicted octanol–water partition coefficient (Wildman–Crippen LogP) is 2.28. The van der Waals surface area contributed by atoms with Gasteiger partial charge in [-0.15, -0.1) is 0 Å². The summed E-state index contributed by atoms with van der Waals surface area (Å²) in [5.74, 6) is -0.596. The van der Waals surface area contributed by atoms with Gasteiger partial charge < -0.3 is 9.72 Å². The third-order valence-electron chi connectivity index (χ3n) is 4.02. The lowest BCUT2D eigenvalue weighted by molar-refractivity contribution is 0.0595. The smallest absolute Gasteiger partial charge is 0.354 e. The minimum atomic E-state index is -3.64. The normalized spacial score (nSPS) is 15.8. The van der Waals surface area contributed by atoms with E-state index < -0.39 is 16.0 Å². The topological polar surface area (TPSA) is 79.5 Å². The summed E-state index contributed by atoms with van der Waals surface area (Å²) in [6.45, 7) is 0.715. The van der Waals surface area contributed by atoms with Crippen molar-refractivity contribution >= 4 is 21.6 Å². The van der Waals surface area contributed by atoms with E-state index in [1.165, 1.54) is 23.7 Å². The first-order chi connectivity index (χ1) is 11.5. The molecule has 126 valence electrons. The molecule has 1 aromatic heterocycles. The Morgan fingerprint density at radius 1 is 1.25 bits per heavy atom. The van der Waals surface area contributed by atoms with Crippen molar-refractivity contribution in [2.45, 2.75) is 11.3 Å². The van der Waals surface area contributed by atoms with Gasteiger partial charge in [-0.05, 0) is 23.6 Å². The number of rotatable bonds is 4. The Kier molecular flexibility index (Phi) is 4.55. The van der Waals surface area contributed by atoms with Gasteiger partial charge in [0.2, 0.25) is 10.0 Å². The maximum atomic E-state index is 12.7. The molecule has 1 N–H and O–H groups in total. The van der Waals surface area contributed by atoms with Crippen molar-refractivity contribution in [3.05, 3.63) is 59.9 Å². The van der Waals surface area contributed by atoms with E-state index in [-0.39, 0.29) is 10.6 Å². The van der Waals surface area contributed by atoms with E-state index in [1.807, 2.05) is 36.4 Å². The molecule has 0 unspecified atom stereocenters. The molecule has 6 nitrogen and oxygen atoms in total. The molecule has 0 amide bonds. The second-order valence-corrected chi connectivity index (χ2v) is 7.39. The van der Waals surface area contributed by atoms with Crippen molar-refractivity contribution in [3.8, 4) is 0 Å². The average molecular weight is 346 g/mol. The highest BCUT2D eigenvalue weighted by molar-refractivity contribution is 7.89. The Morgan fingerprint density at radius 2 is 2.00 bits per heavy atom. The van der Waals surface area contributed by atoms with Gasteiger partial charge in [0, 0.05) is 19.3 Å². The van der Waals surface area contributed by atoms with Gasteiger partial charge in [-0.25, -0.2) is 13.2 Å². The molecule has 24 heavy (non-hydrogen) atoms. The summed E-state index contributed by atoms with van der Waals surface area (Å²) in [5.41, 5.74) is 2.38. The highest BCUT2D eigenvalue weighted by Crippen LogP contribution is 2.26. The van der Waals surface area contributed by atoms with Crippen LogP contribution in [0.25, 0.3) is 5.57 Å². The summed E-state index contributed by atoms with van der Waals surface area (Å²) in [5, 5.41) is 0. The van der Waals surface area contributed by atoms with Crippen molar-refractivity contribution in [2.24, 2.45) is 0 Å². The second kappa shape index (κ2) is 6.62. The van der Waals surface area contributed by atoms with Gasteiger partial charge in [-0.3, -0.25) is 0 Å². The highest BCUT2D eigenvalue weighted by atomic mass is 32.2. The van der Waals surface area contributed by atoms with Gasteiger partial charge in [0.15, 0.2) is 0 Å². The lowest BCUT2D eigenvalue weighted by atomic mass is 10.0. The summed E-state index contributed by atoms with van der Waals surface area (Å²) in [6, 6.07) is 11.2.